The minimum atomic E-state index is -0.614. The summed E-state index contributed by atoms with van der Waals surface area (Å²) in [5.74, 6) is -0.276. The largest absolute Gasteiger partial charge is 0.444 e. The number of alkyl carbamates (subject to hydrolysis) is 1. The van der Waals surface area contributed by atoms with Crippen molar-refractivity contribution < 1.29 is 14.3 Å². The summed E-state index contributed by atoms with van der Waals surface area (Å²) in [4.78, 5) is 23.8. The van der Waals surface area contributed by atoms with Gasteiger partial charge in [-0.25, -0.2) is 4.79 Å². The molecule has 0 saturated heterocycles. The molecule has 1 N–H and O–H groups in total. The fourth-order valence-corrected chi connectivity index (χ4v) is 0.796. The van der Waals surface area contributed by atoms with Crippen molar-refractivity contribution in [3.63, 3.8) is 0 Å². The van der Waals surface area contributed by atoms with Crippen molar-refractivity contribution in [2.24, 2.45) is 0 Å². The Morgan fingerprint density at radius 2 is 2.06 bits per heavy atom. The zero-order valence-corrected chi connectivity index (χ0v) is 10.2. The second kappa shape index (κ2) is 5.98. The predicted octanol–water partition coefficient (Wildman–Crippen LogP) is 1.27. The minimum Gasteiger partial charge on any atom is -0.444 e. The summed E-state index contributed by atoms with van der Waals surface area (Å²) < 4.78 is 4.97. The van der Waals surface area contributed by atoms with Crippen LogP contribution in [0.1, 0.15) is 20.8 Å². The van der Waals surface area contributed by atoms with Crippen molar-refractivity contribution in [2.75, 3.05) is 13.6 Å². The molecule has 16 heavy (non-hydrogen) atoms. The molecule has 0 aliphatic heterocycles. The maximum absolute atomic E-state index is 11.4. The van der Waals surface area contributed by atoms with E-state index in [4.69, 9.17) is 4.74 Å². The molecule has 5 nitrogen and oxygen atoms in total. The number of carbonyl (C=O) groups is 2. The fourth-order valence-electron chi connectivity index (χ4n) is 0.796. The second-order valence-corrected chi connectivity index (χ2v) is 4.19. The summed E-state index contributed by atoms with van der Waals surface area (Å²) in [6.45, 7) is 8.47. The van der Waals surface area contributed by atoms with Crippen LogP contribution in [0.5, 0.6) is 0 Å². The summed E-state index contributed by atoms with van der Waals surface area (Å²) in [6.07, 6.45) is 0.774. The average Bonchev–Trinajstić information content (AvgIpc) is 2.11. The third-order valence-electron chi connectivity index (χ3n) is 1.46. The van der Waals surface area contributed by atoms with E-state index >= 15 is 0 Å². The molecule has 0 aromatic heterocycles. The van der Waals surface area contributed by atoms with Crippen molar-refractivity contribution in [1.29, 1.82) is 0 Å². The summed E-state index contributed by atoms with van der Waals surface area (Å²) in [7, 11) is 1.55. The molecule has 0 saturated carbocycles. The minimum absolute atomic E-state index is 0.121. The zero-order chi connectivity index (χ0) is 12.8. The summed E-state index contributed by atoms with van der Waals surface area (Å²) >= 11 is 0. The van der Waals surface area contributed by atoms with Crippen LogP contribution >= 0.6 is 0 Å². The monoisotopic (exact) mass is 226 g/mol. The van der Waals surface area contributed by atoms with Crippen LogP contribution < -0.4 is 5.32 Å². The van der Waals surface area contributed by atoms with E-state index in [0.29, 0.717) is 0 Å². The van der Waals surface area contributed by atoms with Gasteiger partial charge in [-0.15, -0.1) is 5.73 Å². The van der Waals surface area contributed by atoms with Crippen LogP contribution in [0.4, 0.5) is 4.79 Å². The molecule has 0 rings (SSSR count). The molecule has 0 radical (unpaired) electrons. The molecule has 0 fully saturated rings. The molecular weight excluding hydrogens is 208 g/mol. The lowest BCUT2D eigenvalue weighted by molar-refractivity contribution is -0.126. The highest BCUT2D eigenvalue weighted by atomic mass is 16.6. The van der Waals surface area contributed by atoms with Crippen LogP contribution in [0.25, 0.3) is 0 Å². The van der Waals surface area contributed by atoms with Crippen LogP contribution in [0.15, 0.2) is 18.5 Å². The lowest BCUT2D eigenvalue weighted by atomic mass is 10.2. The van der Waals surface area contributed by atoms with Gasteiger partial charge in [0.1, 0.15) is 12.1 Å². The van der Waals surface area contributed by atoms with Crippen molar-refractivity contribution in [1.82, 2.24) is 10.2 Å². The van der Waals surface area contributed by atoms with Crippen molar-refractivity contribution in [3.05, 3.63) is 18.5 Å². The molecule has 0 aromatic carbocycles. The molecule has 0 atom stereocenters. The molecule has 0 unspecified atom stereocenters. The Morgan fingerprint density at radius 3 is 2.50 bits per heavy atom. The van der Waals surface area contributed by atoms with Crippen molar-refractivity contribution in [3.8, 4) is 0 Å². The fraction of sp³-hybridized carbons (Fsp3) is 0.545. The maximum atomic E-state index is 11.4. The van der Waals surface area contributed by atoms with Gasteiger partial charge in [0.05, 0.1) is 0 Å². The highest BCUT2D eigenvalue weighted by Gasteiger charge is 2.16. The van der Waals surface area contributed by atoms with Gasteiger partial charge in [-0.2, -0.15) is 0 Å². The lowest BCUT2D eigenvalue weighted by Crippen LogP contribution is -2.38. The molecule has 2 amide bonds. The Morgan fingerprint density at radius 1 is 1.50 bits per heavy atom. The van der Waals surface area contributed by atoms with Crippen LogP contribution in [-0.4, -0.2) is 36.1 Å². The van der Waals surface area contributed by atoms with E-state index in [-0.39, 0.29) is 12.5 Å². The third-order valence-corrected chi connectivity index (χ3v) is 1.46. The molecule has 90 valence electrons. The zero-order valence-electron chi connectivity index (χ0n) is 10.2. The van der Waals surface area contributed by atoms with Gasteiger partial charge < -0.3 is 15.0 Å². The summed E-state index contributed by atoms with van der Waals surface area (Å²) in [6, 6.07) is 0. The van der Waals surface area contributed by atoms with Crippen molar-refractivity contribution >= 4 is 12.0 Å². The number of hydrogen-bond acceptors (Lipinski definition) is 3. The SMILES string of the molecule is C=C=CN(C)C(=O)CNC(=O)OC(C)(C)C. The van der Waals surface area contributed by atoms with E-state index in [1.807, 2.05) is 0 Å². The van der Waals surface area contributed by atoms with Crippen molar-refractivity contribution in [2.45, 2.75) is 26.4 Å². The van der Waals surface area contributed by atoms with Gasteiger partial charge >= 0.3 is 6.09 Å². The van der Waals surface area contributed by atoms with Gasteiger partial charge in [0.2, 0.25) is 5.91 Å². The number of nitrogens with zero attached hydrogens (tertiary/aromatic N) is 1. The number of ether oxygens (including phenoxy) is 1. The Labute approximate surface area is 95.8 Å². The number of hydrogen-bond donors (Lipinski definition) is 1. The van der Waals surface area contributed by atoms with Crippen LogP contribution in [-0.2, 0) is 9.53 Å². The highest BCUT2D eigenvalue weighted by molar-refractivity contribution is 5.82. The average molecular weight is 226 g/mol. The smallest absolute Gasteiger partial charge is 0.408 e. The first-order valence-electron chi connectivity index (χ1n) is 4.84. The molecule has 0 aliphatic carbocycles. The molecule has 0 spiro atoms. The topological polar surface area (TPSA) is 58.6 Å². The number of carbonyl (C=O) groups excluding carboxylic acids is 2. The summed E-state index contributed by atoms with van der Waals surface area (Å²) in [5, 5.41) is 2.36. The first kappa shape index (κ1) is 14.3. The normalized spacial score (nSPS) is 10.0. The van der Waals surface area contributed by atoms with Crippen LogP contribution in [0.2, 0.25) is 0 Å². The second-order valence-electron chi connectivity index (χ2n) is 4.19. The van der Waals surface area contributed by atoms with E-state index in [0.717, 1.165) is 0 Å². The quantitative estimate of drug-likeness (QED) is 0.737. The predicted molar refractivity (Wildman–Crippen MR) is 60.7 cm³/mol. The molecule has 0 aliphatic rings. The van der Waals surface area contributed by atoms with E-state index < -0.39 is 11.7 Å². The van der Waals surface area contributed by atoms with E-state index in [1.165, 1.54) is 11.1 Å². The molecule has 0 bridgehead atoms. The van der Waals surface area contributed by atoms with E-state index in [1.54, 1.807) is 27.8 Å². The van der Waals surface area contributed by atoms with E-state index in [2.05, 4.69) is 17.6 Å². The first-order valence-corrected chi connectivity index (χ1v) is 4.84. The number of nitrogens with one attached hydrogen (secondary N) is 1. The molecule has 5 heteroatoms. The van der Waals surface area contributed by atoms with Crippen LogP contribution in [0, 0.1) is 0 Å². The van der Waals surface area contributed by atoms with Gasteiger partial charge in [0.15, 0.2) is 0 Å². The Balaban J connectivity index is 4.02. The van der Waals surface area contributed by atoms with Gasteiger partial charge in [0.25, 0.3) is 0 Å². The Hall–Kier alpha value is -1.74. The first-order chi connectivity index (χ1) is 7.26. The van der Waals surface area contributed by atoms with E-state index in [9.17, 15) is 9.59 Å². The van der Waals surface area contributed by atoms with Gasteiger partial charge in [-0.05, 0) is 20.8 Å². The Kier molecular flexibility index (Phi) is 5.33. The molecular formula is C11H18N2O3. The number of rotatable bonds is 3. The van der Waals surface area contributed by atoms with Gasteiger partial charge in [-0.3, -0.25) is 4.79 Å². The highest BCUT2D eigenvalue weighted by Crippen LogP contribution is 2.06. The van der Waals surface area contributed by atoms with Crippen LogP contribution in [0.3, 0.4) is 0 Å². The maximum Gasteiger partial charge on any atom is 0.408 e. The van der Waals surface area contributed by atoms with Gasteiger partial charge in [-0.1, -0.05) is 6.58 Å². The molecule has 0 heterocycles. The lowest BCUT2D eigenvalue weighted by Gasteiger charge is -2.20. The molecule has 0 aromatic rings. The Bertz CT molecular complexity index is 312. The van der Waals surface area contributed by atoms with Gasteiger partial charge in [0, 0.05) is 13.2 Å². The summed E-state index contributed by atoms with van der Waals surface area (Å²) in [5.41, 5.74) is 1.89. The third kappa shape index (κ3) is 6.68. The standard InChI is InChI=1S/C11H18N2O3/c1-6-7-13(5)9(14)8-12-10(15)16-11(2,3)4/h7H,1,8H2,2-5H3,(H,12,15). The number of amides is 2. The number of likely N-dealkylation sites (N-methyl/N-ethyl adjacent to an activating group) is 1.